The molecule has 6 heteroatoms. The van der Waals surface area contributed by atoms with E-state index in [0.717, 1.165) is 11.3 Å². The van der Waals surface area contributed by atoms with Gasteiger partial charge >= 0.3 is 0 Å². The van der Waals surface area contributed by atoms with Gasteiger partial charge in [0.25, 0.3) is 0 Å². The predicted octanol–water partition coefficient (Wildman–Crippen LogP) is 3.40. The van der Waals surface area contributed by atoms with Gasteiger partial charge in [-0.15, -0.1) is 11.3 Å². The summed E-state index contributed by atoms with van der Waals surface area (Å²) in [6, 6.07) is 4.01. The predicted molar refractivity (Wildman–Crippen MR) is 78.1 cm³/mol. The van der Waals surface area contributed by atoms with Crippen molar-refractivity contribution in [3.8, 4) is 0 Å². The molecular formula is C11H12Br2N2OS. The van der Waals surface area contributed by atoms with E-state index in [4.69, 9.17) is 0 Å². The van der Waals surface area contributed by atoms with E-state index >= 15 is 0 Å². The van der Waals surface area contributed by atoms with Gasteiger partial charge in [0.1, 0.15) is 0 Å². The molecule has 0 saturated heterocycles. The molecule has 1 fully saturated rings. The van der Waals surface area contributed by atoms with Crippen molar-refractivity contribution >= 4 is 55.3 Å². The first-order valence-corrected chi connectivity index (χ1v) is 7.53. The van der Waals surface area contributed by atoms with Crippen LogP contribution in [-0.2, 0) is 4.79 Å². The number of rotatable bonds is 3. The molecular weight excluding hydrogens is 368 g/mol. The molecule has 0 radical (unpaired) electrons. The Hall–Kier alpha value is -0.200. The largest absolute Gasteiger partial charge is 0.272 e. The Kier molecular flexibility index (Phi) is 3.49. The van der Waals surface area contributed by atoms with Crippen molar-refractivity contribution in [2.75, 3.05) is 0 Å². The number of hydrogen-bond acceptors (Lipinski definition) is 3. The molecule has 0 bridgehead atoms. The maximum atomic E-state index is 11.9. The van der Waals surface area contributed by atoms with Crippen LogP contribution in [0.2, 0.25) is 0 Å². The molecule has 92 valence electrons. The van der Waals surface area contributed by atoms with Crippen LogP contribution >= 0.6 is 43.2 Å². The highest BCUT2D eigenvalue weighted by Crippen LogP contribution is 2.66. The molecule has 3 nitrogen and oxygen atoms in total. The van der Waals surface area contributed by atoms with Crippen molar-refractivity contribution in [2.24, 2.45) is 10.5 Å². The maximum absolute atomic E-state index is 11.9. The molecule has 1 N–H and O–H groups in total. The average Bonchev–Trinajstić information content (AvgIpc) is 2.58. The van der Waals surface area contributed by atoms with Gasteiger partial charge in [-0.3, -0.25) is 4.79 Å². The highest BCUT2D eigenvalue weighted by molar-refractivity contribution is 9.25. The van der Waals surface area contributed by atoms with Crippen molar-refractivity contribution < 1.29 is 4.79 Å². The molecule has 0 aromatic carbocycles. The van der Waals surface area contributed by atoms with E-state index in [9.17, 15) is 4.79 Å². The standard InChI is InChI=1S/C11H12Br2N2OS/c1-7-3-4-8(17-7)5-14-15-9(16)10(2)6-11(10,12)13/h3-5H,6H2,1-2H3,(H,15,16)/b14-5-/t10-/m1/s1. The zero-order chi connectivity index (χ0) is 12.7. The Morgan fingerprint density at radius 1 is 1.59 bits per heavy atom. The van der Waals surface area contributed by atoms with Gasteiger partial charge in [-0.2, -0.15) is 5.10 Å². The van der Waals surface area contributed by atoms with Gasteiger partial charge in [-0.05, 0) is 32.4 Å². The summed E-state index contributed by atoms with van der Waals surface area (Å²) in [6.45, 7) is 3.94. The van der Waals surface area contributed by atoms with E-state index in [1.807, 2.05) is 26.0 Å². The fourth-order valence-corrected chi connectivity index (χ4v) is 3.68. The Morgan fingerprint density at radius 2 is 2.24 bits per heavy atom. The summed E-state index contributed by atoms with van der Waals surface area (Å²) in [5.74, 6) is -0.0734. The minimum absolute atomic E-state index is 0.0734. The number of nitrogens with one attached hydrogen (secondary N) is 1. The summed E-state index contributed by atoms with van der Waals surface area (Å²) >= 11 is 8.55. The summed E-state index contributed by atoms with van der Waals surface area (Å²) in [4.78, 5) is 14.1. The third-order valence-corrected chi connectivity index (χ3v) is 6.12. The minimum atomic E-state index is -0.421. The number of aryl methyl sites for hydroxylation is 1. The number of hydrazone groups is 1. The second-order valence-electron chi connectivity index (χ2n) is 4.36. The van der Waals surface area contributed by atoms with Gasteiger partial charge in [-0.1, -0.05) is 31.9 Å². The molecule has 17 heavy (non-hydrogen) atoms. The van der Waals surface area contributed by atoms with Gasteiger partial charge in [0.2, 0.25) is 5.91 Å². The minimum Gasteiger partial charge on any atom is -0.272 e. The molecule has 1 amide bonds. The lowest BCUT2D eigenvalue weighted by Crippen LogP contribution is -2.29. The van der Waals surface area contributed by atoms with Gasteiger partial charge in [0.05, 0.1) is 14.9 Å². The molecule has 1 aliphatic carbocycles. The highest BCUT2D eigenvalue weighted by atomic mass is 79.9. The molecule has 0 spiro atoms. The number of alkyl halides is 2. The fourth-order valence-electron chi connectivity index (χ4n) is 1.45. The Bertz CT molecular complexity index is 484. The lowest BCUT2D eigenvalue weighted by molar-refractivity contribution is -0.125. The van der Waals surface area contributed by atoms with Gasteiger partial charge in [0.15, 0.2) is 0 Å². The first-order chi connectivity index (χ1) is 7.85. The van der Waals surface area contributed by atoms with E-state index < -0.39 is 5.41 Å². The zero-order valence-corrected chi connectivity index (χ0v) is 13.4. The van der Waals surface area contributed by atoms with Crippen LogP contribution in [0.25, 0.3) is 0 Å². The lowest BCUT2D eigenvalue weighted by atomic mass is 10.1. The third kappa shape index (κ3) is 2.63. The number of hydrogen-bond donors (Lipinski definition) is 1. The normalized spacial score (nSPS) is 26.1. The molecule has 1 atom stereocenters. The quantitative estimate of drug-likeness (QED) is 0.488. The summed E-state index contributed by atoms with van der Waals surface area (Å²) in [7, 11) is 0. The van der Waals surface area contributed by atoms with Crippen molar-refractivity contribution in [3.05, 3.63) is 21.9 Å². The third-order valence-electron chi connectivity index (χ3n) is 2.88. The molecule has 1 aromatic heterocycles. The maximum Gasteiger partial charge on any atom is 0.248 e. The molecule has 0 aliphatic heterocycles. The van der Waals surface area contributed by atoms with E-state index in [2.05, 4.69) is 42.4 Å². The number of amides is 1. The van der Waals surface area contributed by atoms with Gasteiger partial charge in [0, 0.05) is 9.75 Å². The van der Waals surface area contributed by atoms with Crippen molar-refractivity contribution in [3.63, 3.8) is 0 Å². The SMILES string of the molecule is Cc1ccc(/C=N\NC(=O)[C@@]2(C)CC2(Br)Br)s1. The van der Waals surface area contributed by atoms with E-state index in [0.29, 0.717) is 0 Å². The van der Waals surface area contributed by atoms with Crippen LogP contribution in [0.4, 0.5) is 0 Å². The average molecular weight is 380 g/mol. The number of halogens is 2. The number of nitrogens with zero attached hydrogens (tertiary/aromatic N) is 1. The smallest absolute Gasteiger partial charge is 0.248 e. The second-order valence-corrected chi connectivity index (χ2v) is 9.45. The van der Waals surface area contributed by atoms with E-state index in [1.54, 1.807) is 17.6 Å². The van der Waals surface area contributed by atoms with Crippen LogP contribution in [0.15, 0.2) is 17.2 Å². The molecule has 1 saturated carbocycles. The monoisotopic (exact) mass is 378 g/mol. The molecule has 1 aliphatic rings. The van der Waals surface area contributed by atoms with Crippen LogP contribution in [0, 0.1) is 12.3 Å². The Labute approximate surface area is 121 Å². The van der Waals surface area contributed by atoms with E-state index in [1.165, 1.54) is 4.88 Å². The van der Waals surface area contributed by atoms with Crippen LogP contribution in [0.5, 0.6) is 0 Å². The van der Waals surface area contributed by atoms with Crippen LogP contribution in [-0.4, -0.2) is 15.4 Å². The molecule has 1 aromatic rings. The van der Waals surface area contributed by atoms with Crippen LogP contribution in [0.1, 0.15) is 23.1 Å². The van der Waals surface area contributed by atoms with E-state index in [-0.39, 0.29) is 9.14 Å². The number of thiophene rings is 1. The summed E-state index contributed by atoms with van der Waals surface area (Å²) in [6.07, 6.45) is 2.44. The Balaban J connectivity index is 1.91. The highest BCUT2D eigenvalue weighted by Gasteiger charge is 2.66. The Morgan fingerprint density at radius 3 is 2.71 bits per heavy atom. The molecule has 2 rings (SSSR count). The fraction of sp³-hybridized carbons (Fsp3) is 0.455. The van der Waals surface area contributed by atoms with Crippen molar-refractivity contribution in [2.45, 2.75) is 23.5 Å². The van der Waals surface area contributed by atoms with Crippen molar-refractivity contribution in [1.82, 2.24) is 5.43 Å². The van der Waals surface area contributed by atoms with Crippen molar-refractivity contribution in [1.29, 1.82) is 0 Å². The summed E-state index contributed by atoms with van der Waals surface area (Å²) in [5, 5.41) is 3.97. The zero-order valence-electron chi connectivity index (χ0n) is 9.46. The number of carbonyl (C=O) groups excluding carboxylic acids is 1. The van der Waals surface area contributed by atoms with Crippen LogP contribution < -0.4 is 5.43 Å². The summed E-state index contributed by atoms with van der Waals surface area (Å²) < 4.78 is -0.272. The lowest BCUT2D eigenvalue weighted by Gasteiger charge is -2.09. The first kappa shape index (κ1) is 13.2. The van der Waals surface area contributed by atoms with Crippen LogP contribution in [0.3, 0.4) is 0 Å². The van der Waals surface area contributed by atoms with Gasteiger partial charge < -0.3 is 0 Å². The summed E-state index contributed by atoms with van der Waals surface area (Å²) in [5.41, 5.74) is 2.15. The van der Waals surface area contributed by atoms with Gasteiger partial charge in [-0.25, -0.2) is 5.43 Å². The topological polar surface area (TPSA) is 41.5 Å². The molecule has 1 heterocycles. The first-order valence-electron chi connectivity index (χ1n) is 5.13. The molecule has 0 unspecified atom stereocenters. The second kappa shape index (κ2) is 4.48. The number of carbonyl (C=O) groups is 1.